The van der Waals surface area contributed by atoms with Crippen molar-refractivity contribution in [2.24, 2.45) is 5.92 Å². The van der Waals surface area contributed by atoms with E-state index in [9.17, 15) is 9.59 Å². The number of nitrogens with zero attached hydrogens (tertiary/aromatic N) is 1. The monoisotopic (exact) mass is 262 g/mol. The minimum absolute atomic E-state index is 0.00152. The highest BCUT2D eigenvalue weighted by molar-refractivity contribution is 6.08. The Morgan fingerprint density at radius 2 is 1.74 bits per heavy atom. The molecule has 0 fully saturated rings. The number of amides is 1. The Morgan fingerprint density at radius 3 is 2.26 bits per heavy atom. The number of nitrogens with one attached hydrogen (secondary N) is 1. The Hall–Kier alpha value is -1.68. The van der Waals surface area contributed by atoms with Crippen LogP contribution in [0.15, 0.2) is 24.3 Å². The quantitative estimate of drug-likeness (QED) is 0.796. The molecule has 0 radical (unpaired) electrons. The fourth-order valence-electron chi connectivity index (χ4n) is 1.70. The van der Waals surface area contributed by atoms with E-state index in [0.717, 1.165) is 6.54 Å². The summed E-state index contributed by atoms with van der Waals surface area (Å²) in [6.07, 6.45) is 0. The first-order chi connectivity index (χ1) is 8.93. The van der Waals surface area contributed by atoms with Crippen LogP contribution in [0.4, 0.5) is 0 Å². The van der Waals surface area contributed by atoms with Crippen molar-refractivity contribution in [1.29, 1.82) is 0 Å². The lowest BCUT2D eigenvalue weighted by Gasteiger charge is -2.13. The van der Waals surface area contributed by atoms with Crippen LogP contribution in [-0.4, -0.2) is 43.8 Å². The van der Waals surface area contributed by atoms with E-state index in [2.05, 4.69) is 5.32 Å². The largest absolute Gasteiger partial charge is 0.351 e. The molecule has 0 atom stereocenters. The van der Waals surface area contributed by atoms with Gasteiger partial charge in [-0.05, 0) is 20.2 Å². The number of hydrogen-bond donors (Lipinski definition) is 1. The van der Waals surface area contributed by atoms with E-state index in [0.29, 0.717) is 17.7 Å². The Morgan fingerprint density at radius 1 is 1.16 bits per heavy atom. The summed E-state index contributed by atoms with van der Waals surface area (Å²) in [7, 11) is 3.89. The van der Waals surface area contributed by atoms with Gasteiger partial charge in [-0.1, -0.05) is 32.0 Å². The van der Waals surface area contributed by atoms with Gasteiger partial charge in [-0.3, -0.25) is 9.59 Å². The van der Waals surface area contributed by atoms with Gasteiger partial charge in [-0.25, -0.2) is 0 Å². The summed E-state index contributed by atoms with van der Waals surface area (Å²) in [6.45, 7) is 5.01. The number of likely N-dealkylation sites (N-methyl/N-ethyl adjacent to an activating group) is 1. The second-order valence-electron chi connectivity index (χ2n) is 5.12. The van der Waals surface area contributed by atoms with Crippen LogP contribution in [0.25, 0.3) is 0 Å². The van der Waals surface area contributed by atoms with Crippen molar-refractivity contribution in [2.45, 2.75) is 13.8 Å². The maximum atomic E-state index is 12.1. The zero-order valence-electron chi connectivity index (χ0n) is 12.1. The smallest absolute Gasteiger partial charge is 0.252 e. The van der Waals surface area contributed by atoms with Gasteiger partial charge in [0.1, 0.15) is 0 Å². The molecule has 1 N–H and O–H groups in total. The molecule has 0 heterocycles. The Balaban J connectivity index is 2.82. The summed E-state index contributed by atoms with van der Waals surface area (Å²) < 4.78 is 0. The van der Waals surface area contributed by atoms with Crippen LogP contribution in [0, 0.1) is 5.92 Å². The fourth-order valence-corrected chi connectivity index (χ4v) is 1.70. The van der Waals surface area contributed by atoms with Gasteiger partial charge in [-0.2, -0.15) is 0 Å². The molecule has 0 aliphatic carbocycles. The van der Waals surface area contributed by atoms with Crippen molar-refractivity contribution < 1.29 is 9.59 Å². The van der Waals surface area contributed by atoms with Crippen molar-refractivity contribution in [3.05, 3.63) is 35.4 Å². The van der Waals surface area contributed by atoms with Crippen LogP contribution >= 0.6 is 0 Å². The van der Waals surface area contributed by atoms with Crippen LogP contribution in [0.1, 0.15) is 34.6 Å². The number of ketones is 1. The highest BCUT2D eigenvalue weighted by Gasteiger charge is 2.18. The molecule has 1 aromatic carbocycles. The zero-order chi connectivity index (χ0) is 14.4. The zero-order valence-corrected chi connectivity index (χ0v) is 12.1. The van der Waals surface area contributed by atoms with Crippen LogP contribution in [0.3, 0.4) is 0 Å². The molecular weight excluding hydrogens is 240 g/mol. The molecule has 104 valence electrons. The minimum Gasteiger partial charge on any atom is -0.351 e. The normalized spacial score (nSPS) is 10.8. The van der Waals surface area contributed by atoms with Gasteiger partial charge in [0, 0.05) is 24.6 Å². The number of rotatable bonds is 6. The second-order valence-corrected chi connectivity index (χ2v) is 5.12. The molecule has 0 saturated heterocycles. The molecular formula is C15H22N2O2. The number of carbonyl (C=O) groups is 2. The number of benzene rings is 1. The van der Waals surface area contributed by atoms with Gasteiger partial charge >= 0.3 is 0 Å². The molecule has 0 unspecified atom stereocenters. The lowest BCUT2D eigenvalue weighted by atomic mass is 9.96. The average molecular weight is 262 g/mol. The van der Waals surface area contributed by atoms with E-state index in [-0.39, 0.29) is 17.6 Å². The minimum atomic E-state index is -0.188. The maximum absolute atomic E-state index is 12.1. The second kappa shape index (κ2) is 7.04. The molecule has 0 aliphatic rings. The van der Waals surface area contributed by atoms with Gasteiger partial charge in [0.15, 0.2) is 5.78 Å². The first kappa shape index (κ1) is 15.4. The Kier molecular flexibility index (Phi) is 5.70. The van der Waals surface area contributed by atoms with Gasteiger partial charge in [0.25, 0.3) is 5.91 Å². The van der Waals surface area contributed by atoms with Gasteiger partial charge in [0.2, 0.25) is 0 Å². The average Bonchev–Trinajstić information content (AvgIpc) is 2.37. The molecule has 0 aromatic heterocycles. The lowest BCUT2D eigenvalue weighted by Crippen LogP contribution is -2.32. The van der Waals surface area contributed by atoms with Gasteiger partial charge < -0.3 is 10.2 Å². The molecule has 1 amide bonds. The van der Waals surface area contributed by atoms with Gasteiger partial charge in [0.05, 0.1) is 5.56 Å². The standard InChI is InChI=1S/C15H22N2O2/c1-11(2)14(18)12-7-5-6-8-13(12)15(19)16-9-10-17(3)4/h5-8,11H,9-10H2,1-4H3,(H,16,19). The SMILES string of the molecule is CC(C)C(=O)c1ccccc1C(=O)NCCN(C)C. The van der Waals surface area contributed by atoms with Crippen molar-refractivity contribution in [3.63, 3.8) is 0 Å². The third-order valence-electron chi connectivity index (χ3n) is 2.81. The van der Waals surface area contributed by atoms with Gasteiger partial charge in [-0.15, -0.1) is 0 Å². The van der Waals surface area contributed by atoms with Crippen LogP contribution in [-0.2, 0) is 0 Å². The lowest BCUT2D eigenvalue weighted by molar-refractivity contribution is 0.0910. The molecule has 4 heteroatoms. The third-order valence-corrected chi connectivity index (χ3v) is 2.81. The first-order valence-electron chi connectivity index (χ1n) is 6.49. The number of Topliss-reactive ketones (excluding diaryl/α,β-unsaturated/α-hetero) is 1. The van der Waals surface area contributed by atoms with Crippen LogP contribution in [0.2, 0.25) is 0 Å². The number of hydrogen-bond acceptors (Lipinski definition) is 3. The molecule has 0 saturated carbocycles. The first-order valence-corrected chi connectivity index (χ1v) is 6.49. The van der Waals surface area contributed by atoms with E-state index in [1.54, 1.807) is 24.3 Å². The Bertz CT molecular complexity index is 453. The van der Waals surface area contributed by atoms with Crippen molar-refractivity contribution >= 4 is 11.7 Å². The van der Waals surface area contributed by atoms with E-state index >= 15 is 0 Å². The molecule has 19 heavy (non-hydrogen) atoms. The summed E-state index contributed by atoms with van der Waals surface area (Å²) >= 11 is 0. The fraction of sp³-hybridized carbons (Fsp3) is 0.467. The Labute approximate surface area is 114 Å². The highest BCUT2D eigenvalue weighted by atomic mass is 16.2. The van der Waals surface area contributed by atoms with Crippen molar-refractivity contribution in [1.82, 2.24) is 10.2 Å². The summed E-state index contributed by atoms with van der Waals surface area (Å²) in [6, 6.07) is 6.97. The summed E-state index contributed by atoms with van der Waals surface area (Å²) in [5.41, 5.74) is 0.958. The third kappa shape index (κ3) is 4.48. The topological polar surface area (TPSA) is 49.4 Å². The summed E-state index contributed by atoms with van der Waals surface area (Å²) in [5, 5.41) is 2.83. The summed E-state index contributed by atoms with van der Waals surface area (Å²) in [4.78, 5) is 26.1. The highest BCUT2D eigenvalue weighted by Crippen LogP contribution is 2.14. The number of carbonyl (C=O) groups excluding carboxylic acids is 2. The van der Waals surface area contributed by atoms with E-state index in [1.807, 2.05) is 32.8 Å². The van der Waals surface area contributed by atoms with Crippen LogP contribution < -0.4 is 5.32 Å². The molecule has 4 nitrogen and oxygen atoms in total. The van der Waals surface area contributed by atoms with E-state index in [4.69, 9.17) is 0 Å². The molecule has 0 aliphatic heterocycles. The van der Waals surface area contributed by atoms with E-state index in [1.165, 1.54) is 0 Å². The molecule has 1 rings (SSSR count). The van der Waals surface area contributed by atoms with Crippen molar-refractivity contribution in [2.75, 3.05) is 27.2 Å². The van der Waals surface area contributed by atoms with Crippen molar-refractivity contribution in [3.8, 4) is 0 Å². The molecule has 0 spiro atoms. The molecule has 1 aromatic rings. The van der Waals surface area contributed by atoms with Crippen LogP contribution in [0.5, 0.6) is 0 Å². The maximum Gasteiger partial charge on any atom is 0.252 e. The summed E-state index contributed by atoms with van der Waals surface area (Å²) in [5.74, 6) is -0.305. The molecule has 0 bridgehead atoms. The predicted octanol–water partition coefficient (Wildman–Crippen LogP) is 1.82. The van der Waals surface area contributed by atoms with E-state index < -0.39 is 0 Å². The predicted molar refractivity (Wildman–Crippen MR) is 76.5 cm³/mol.